The maximum absolute atomic E-state index is 11.9. The first-order valence-electron chi connectivity index (χ1n) is 8.00. The number of carbonyl (C=O) groups is 2. The average Bonchev–Trinajstić information content (AvgIpc) is 2.63. The van der Waals surface area contributed by atoms with Gasteiger partial charge in [0.25, 0.3) is 5.91 Å². The van der Waals surface area contributed by atoms with E-state index in [9.17, 15) is 9.59 Å². The predicted octanol–water partition coefficient (Wildman–Crippen LogP) is 2.28. The van der Waals surface area contributed by atoms with Gasteiger partial charge in [0.15, 0.2) is 0 Å². The van der Waals surface area contributed by atoms with Crippen molar-refractivity contribution in [1.29, 1.82) is 0 Å². The molecule has 0 unspecified atom stereocenters. The Morgan fingerprint density at radius 2 is 1.71 bits per heavy atom. The third-order valence-electron chi connectivity index (χ3n) is 3.93. The van der Waals surface area contributed by atoms with Gasteiger partial charge in [0, 0.05) is 19.4 Å². The summed E-state index contributed by atoms with van der Waals surface area (Å²) in [7, 11) is 0. The van der Waals surface area contributed by atoms with Gasteiger partial charge in [-0.1, -0.05) is 54.6 Å². The largest absolute Gasteiger partial charge is 0.351 e. The van der Waals surface area contributed by atoms with E-state index in [1.54, 1.807) is 0 Å². The van der Waals surface area contributed by atoms with Gasteiger partial charge in [0.05, 0.1) is 0 Å². The Bertz CT molecular complexity index is 752. The summed E-state index contributed by atoms with van der Waals surface area (Å²) < 4.78 is 0. The molecule has 2 aromatic carbocycles. The molecule has 3 rings (SSSR count). The fraction of sp³-hybridized carbons (Fsp3) is 0.211. The number of benzene rings is 2. The highest BCUT2D eigenvalue weighted by molar-refractivity contribution is 6.39. The summed E-state index contributed by atoms with van der Waals surface area (Å²) in [6.07, 6.45) is 1.46. The van der Waals surface area contributed by atoms with Crippen molar-refractivity contribution in [3.8, 4) is 11.1 Å². The molecular weight excluding hydrogens is 302 g/mol. The van der Waals surface area contributed by atoms with Crippen LogP contribution in [0.25, 0.3) is 11.1 Å². The molecule has 2 amide bonds. The van der Waals surface area contributed by atoms with Crippen molar-refractivity contribution in [1.82, 2.24) is 10.7 Å². The Balaban J connectivity index is 1.50. The molecule has 0 aromatic heterocycles. The lowest BCUT2D eigenvalue weighted by molar-refractivity contribution is -0.121. The molecular formula is C19H19N3O2. The normalized spacial score (nSPS) is 13.8. The molecule has 0 spiro atoms. The summed E-state index contributed by atoms with van der Waals surface area (Å²) in [5.74, 6) is -0.360. The number of hydrogen-bond donors (Lipinski definition) is 2. The van der Waals surface area contributed by atoms with E-state index in [1.807, 2.05) is 18.2 Å². The van der Waals surface area contributed by atoms with Gasteiger partial charge in [-0.2, -0.15) is 5.10 Å². The molecule has 0 saturated carbocycles. The van der Waals surface area contributed by atoms with Gasteiger partial charge in [-0.25, -0.2) is 5.43 Å². The van der Waals surface area contributed by atoms with E-state index in [4.69, 9.17) is 0 Å². The van der Waals surface area contributed by atoms with Gasteiger partial charge in [-0.3, -0.25) is 9.59 Å². The first kappa shape index (κ1) is 15.9. The van der Waals surface area contributed by atoms with E-state index < -0.39 is 0 Å². The zero-order chi connectivity index (χ0) is 16.8. The highest BCUT2D eigenvalue weighted by Crippen LogP contribution is 2.19. The van der Waals surface area contributed by atoms with Crippen LogP contribution in [0.5, 0.6) is 0 Å². The Morgan fingerprint density at radius 3 is 2.38 bits per heavy atom. The van der Waals surface area contributed by atoms with Crippen molar-refractivity contribution in [3.05, 3.63) is 60.2 Å². The van der Waals surface area contributed by atoms with Gasteiger partial charge in [-0.05, 0) is 23.1 Å². The number of nitrogens with one attached hydrogen (secondary N) is 2. The zero-order valence-corrected chi connectivity index (χ0v) is 13.3. The van der Waals surface area contributed by atoms with Crippen molar-refractivity contribution in [3.63, 3.8) is 0 Å². The maximum Gasteiger partial charge on any atom is 0.267 e. The van der Waals surface area contributed by atoms with E-state index in [1.165, 1.54) is 11.1 Å². The molecule has 0 atom stereocenters. The first-order chi connectivity index (χ1) is 11.7. The topological polar surface area (TPSA) is 70.6 Å². The lowest BCUT2D eigenvalue weighted by Crippen LogP contribution is -2.37. The van der Waals surface area contributed by atoms with Crippen LogP contribution in [0.15, 0.2) is 59.7 Å². The Morgan fingerprint density at radius 1 is 1.00 bits per heavy atom. The van der Waals surface area contributed by atoms with Crippen LogP contribution in [0.2, 0.25) is 0 Å². The Labute approximate surface area is 140 Å². The van der Waals surface area contributed by atoms with Crippen LogP contribution in [0.4, 0.5) is 0 Å². The van der Waals surface area contributed by atoms with E-state index in [-0.39, 0.29) is 11.8 Å². The smallest absolute Gasteiger partial charge is 0.267 e. The molecule has 0 saturated heterocycles. The first-order valence-corrected chi connectivity index (χ1v) is 8.00. The number of hydrazone groups is 1. The molecule has 1 heterocycles. The number of rotatable bonds is 5. The van der Waals surface area contributed by atoms with Crippen LogP contribution in [-0.4, -0.2) is 24.1 Å². The van der Waals surface area contributed by atoms with Crippen molar-refractivity contribution < 1.29 is 9.59 Å². The SMILES string of the molecule is O=C1CCC(C(=O)NCCc2ccc(-c3ccccc3)cc2)=NN1. The molecule has 0 radical (unpaired) electrons. The monoisotopic (exact) mass is 321 g/mol. The standard InChI is InChI=1S/C19H19N3O2/c23-18-11-10-17(21-22-18)19(24)20-13-12-14-6-8-16(9-7-14)15-4-2-1-3-5-15/h1-9H,10-13H2,(H,20,24)(H,22,23). The fourth-order valence-electron chi connectivity index (χ4n) is 2.55. The predicted molar refractivity (Wildman–Crippen MR) is 93.4 cm³/mol. The van der Waals surface area contributed by atoms with E-state index in [0.29, 0.717) is 25.1 Å². The average molecular weight is 321 g/mol. The molecule has 122 valence electrons. The highest BCUT2D eigenvalue weighted by Gasteiger charge is 2.17. The summed E-state index contributed by atoms with van der Waals surface area (Å²) >= 11 is 0. The molecule has 1 aliphatic heterocycles. The van der Waals surface area contributed by atoms with Crippen LogP contribution >= 0.6 is 0 Å². The Kier molecular flexibility index (Phi) is 5.01. The van der Waals surface area contributed by atoms with E-state index in [2.05, 4.69) is 52.2 Å². The van der Waals surface area contributed by atoms with Crippen LogP contribution in [0.3, 0.4) is 0 Å². The molecule has 5 heteroatoms. The van der Waals surface area contributed by atoms with Crippen LogP contribution < -0.4 is 10.7 Å². The minimum absolute atomic E-state index is 0.148. The van der Waals surface area contributed by atoms with Gasteiger partial charge >= 0.3 is 0 Å². The van der Waals surface area contributed by atoms with Crippen molar-refractivity contribution in [2.24, 2.45) is 5.10 Å². The van der Waals surface area contributed by atoms with Crippen molar-refractivity contribution in [2.45, 2.75) is 19.3 Å². The van der Waals surface area contributed by atoms with Crippen LogP contribution in [0.1, 0.15) is 18.4 Å². The lowest BCUT2D eigenvalue weighted by Gasteiger charge is -2.12. The third-order valence-corrected chi connectivity index (χ3v) is 3.93. The second-order valence-electron chi connectivity index (χ2n) is 5.66. The minimum atomic E-state index is -0.212. The summed E-state index contributed by atoms with van der Waals surface area (Å²) in [6, 6.07) is 18.5. The minimum Gasteiger partial charge on any atom is -0.351 e. The van der Waals surface area contributed by atoms with Gasteiger partial charge in [0.1, 0.15) is 5.71 Å². The maximum atomic E-state index is 11.9. The number of hydrogen-bond acceptors (Lipinski definition) is 3. The summed E-state index contributed by atoms with van der Waals surface area (Å²) in [5, 5.41) is 6.63. The van der Waals surface area contributed by atoms with Crippen molar-refractivity contribution >= 4 is 17.5 Å². The second kappa shape index (κ2) is 7.55. The molecule has 1 aliphatic rings. The zero-order valence-electron chi connectivity index (χ0n) is 13.3. The summed E-state index contributed by atoms with van der Waals surface area (Å²) in [6.45, 7) is 0.538. The molecule has 0 fully saturated rings. The molecule has 2 N–H and O–H groups in total. The number of amides is 2. The van der Waals surface area contributed by atoms with E-state index >= 15 is 0 Å². The van der Waals surface area contributed by atoms with Gasteiger partial charge in [-0.15, -0.1) is 0 Å². The van der Waals surface area contributed by atoms with E-state index in [0.717, 1.165) is 12.0 Å². The molecule has 24 heavy (non-hydrogen) atoms. The Hall–Kier alpha value is -2.95. The summed E-state index contributed by atoms with van der Waals surface area (Å²) in [5.41, 5.74) is 6.24. The number of carbonyl (C=O) groups excluding carboxylic acids is 2. The number of nitrogens with zero attached hydrogens (tertiary/aromatic N) is 1. The van der Waals surface area contributed by atoms with Crippen LogP contribution in [-0.2, 0) is 16.0 Å². The van der Waals surface area contributed by atoms with Crippen LogP contribution in [0, 0.1) is 0 Å². The fourth-order valence-corrected chi connectivity index (χ4v) is 2.55. The second-order valence-corrected chi connectivity index (χ2v) is 5.66. The third kappa shape index (κ3) is 4.07. The van der Waals surface area contributed by atoms with Crippen molar-refractivity contribution in [2.75, 3.05) is 6.54 Å². The molecule has 0 aliphatic carbocycles. The molecule has 5 nitrogen and oxygen atoms in total. The quantitative estimate of drug-likeness (QED) is 0.887. The van der Waals surface area contributed by atoms with Gasteiger partial charge in [0.2, 0.25) is 5.91 Å². The molecule has 0 bridgehead atoms. The lowest BCUT2D eigenvalue weighted by atomic mass is 10.0. The summed E-state index contributed by atoms with van der Waals surface area (Å²) in [4.78, 5) is 23.0. The molecule has 2 aromatic rings. The highest BCUT2D eigenvalue weighted by atomic mass is 16.2. The van der Waals surface area contributed by atoms with Gasteiger partial charge < -0.3 is 5.32 Å².